The van der Waals surface area contributed by atoms with E-state index in [1.54, 1.807) is 17.0 Å². The molecular formula is C14H16Br2FNO2. The van der Waals surface area contributed by atoms with Gasteiger partial charge >= 0.3 is 0 Å². The van der Waals surface area contributed by atoms with Gasteiger partial charge in [0, 0.05) is 18.4 Å². The smallest absolute Gasteiger partial charge is 0.256 e. The molecule has 1 aliphatic heterocycles. The fraction of sp³-hybridized carbons (Fsp3) is 0.500. The van der Waals surface area contributed by atoms with Crippen LogP contribution in [0.15, 0.2) is 22.7 Å². The van der Waals surface area contributed by atoms with E-state index in [1.165, 1.54) is 6.07 Å². The van der Waals surface area contributed by atoms with Crippen LogP contribution in [0.25, 0.3) is 0 Å². The molecule has 0 saturated carbocycles. The SMILES string of the molecule is O=C(c1cccc(Br)c1F)N1CCC(OCCBr)CC1. The van der Waals surface area contributed by atoms with Gasteiger partial charge in [-0.15, -0.1) is 0 Å². The third kappa shape index (κ3) is 3.80. The Bertz CT molecular complexity index is 476. The first kappa shape index (κ1) is 15.9. The zero-order valence-electron chi connectivity index (χ0n) is 10.9. The van der Waals surface area contributed by atoms with Crippen LogP contribution in [0.3, 0.4) is 0 Å². The molecule has 1 heterocycles. The van der Waals surface area contributed by atoms with E-state index in [-0.39, 0.29) is 17.6 Å². The summed E-state index contributed by atoms with van der Waals surface area (Å²) in [5.41, 5.74) is 0.124. The van der Waals surface area contributed by atoms with E-state index < -0.39 is 5.82 Å². The summed E-state index contributed by atoms with van der Waals surface area (Å²) in [6, 6.07) is 4.79. The third-order valence-corrected chi connectivity index (χ3v) is 4.28. The summed E-state index contributed by atoms with van der Waals surface area (Å²) < 4.78 is 19.9. The van der Waals surface area contributed by atoms with Crippen LogP contribution >= 0.6 is 31.9 Å². The standard InChI is InChI=1S/C14H16Br2FNO2/c15-6-9-20-10-4-7-18(8-5-10)14(19)11-2-1-3-12(16)13(11)17/h1-3,10H,4-9H2. The lowest BCUT2D eigenvalue weighted by molar-refractivity contribution is 0.0158. The van der Waals surface area contributed by atoms with Crippen LogP contribution < -0.4 is 0 Å². The first-order valence-corrected chi connectivity index (χ1v) is 8.45. The first-order valence-electron chi connectivity index (χ1n) is 6.54. The molecule has 1 amide bonds. The molecule has 1 aliphatic rings. The molecule has 1 fully saturated rings. The fourth-order valence-corrected chi connectivity index (χ4v) is 2.83. The average Bonchev–Trinajstić information content (AvgIpc) is 2.48. The molecule has 3 nitrogen and oxygen atoms in total. The molecule has 0 N–H and O–H groups in total. The van der Waals surface area contributed by atoms with Crippen molar-refractivity contribution in [3.8, 4) is 0 Å². The molecule has 6 heteroatoms. The van der Waals surface area contributed by atoms with Gasteiger partial charge in [-0.25, -0.2) is 4.39 Å². The quantitative estimate of drug-likeness (QED) is 0.712. The van der Waals surface area contributed by atoms with E-state index >= 15 is 0 Å². The van der Waals surface area contributed by atoms with Crippen molar-refractivity contribution in [1.29, 1.82) is 0 Å². The van der Waals surface area contributed by atoms with E-state index in [4.69, 9.17) is 4.74 Å². The number of halogens is 3. The fourth-order valence-electron chi connectivity index (χ4n) is 2.28. The molecular weight excluding hydrogens is 393 g/mol. The number of hydrogen-bond acceptors (Lipinski definition) is 2. The number of likely N-dealkylation sites (tertiary alicyclic amines) is 1. The van der Waals surface area contributed by atoms with Crippen LogP contribution in [0.1, 0.15) is 23.2 Å². The van der Waals surface area contributed by atoms with E-state index in [0.29, 0.717) is 24.2 Å². The highest BCUT2D eigenvalue weighted by Gasteiger charge is 2.25. The maximum absolute atomic E-state index is 13.9. The predicted octanol–water partition coefficient (Wildman–Crippen LogP) is 3.60. The number of alkyl halides is 1. The van der Waals surface area contributed by atoms with Crippen molar-refractivity contribution in [3.63, 3.8) is 0 Å². The van der Waals surface area contributed by atoms with Crippen molar-refractivity contribution in [2.45, 2.75) is 18.9 Å². The Morgan fingerprint density at radius 3 is 2.75 bits per heavy atom. The van der Waals surface area contributed by atoms with Crippen LogP contribution in [-0.2, 0) is 4.74 Å². The molecule has 0 aromatic heterocycles. The third-order valence-electron chi connectivity index (χ3n) is 3.34. The van der Waals surface area contributed by atoms with Crippen molar-refractivity contribution in [2.24, 2.45) is 0 Å². The van der Waals surface area contributed by atoms with E-state index in [9.17, 15) is 9.18 Å². The molecule has 0 spiro atoms. The second-order valence-electron chi connectivity index (χ2n) is 4.65. The molecule has 20 heavy (non-hydrogen) atoms. The molecule has 1 aromatic rings. The Morgan fingerprint density at radius 1 is 1.40 bits per heavy atom. The van der Waals surface area contributed by atoms with Crippen molar-refractivity contribution in [3.05, 3.63) is 34.1 Å². The van der Waals surface area contributed by atoms with Gasteiger partial charge in [0.15, 0.2) is 0 Å². The van der Waals surface area contributed by atoms with Gasteiger partial charge in [-0.1, -0.05) is 22.0 Å². The van der Waals surface area contributed by atoms with Crippen LogP contribution in [0, 0.1) is 5.82 Å². The van der Waals surface area contributed by atoms with Gasteiger partial charge in [-0.05, 0) is 40.9 Å². The summed E-state index contributed by atoms with van der Waals surface area (Å²) in [6.07, 6.45) is 1.80. The van der Waals surface area contributed by atoms with Gasteiger partial charge in [-0.3, -0.25) is 4.79 Å². The first-order chi connectivity index (χ1) is 9.63. The zero-order valence-corrected chi connectivity index (χ0v) is 14.1. The molecule has 0 atom stereocenters. The van der Waals surface area contributed by atoms with Crippen LogP contribution in [-0.4, -0.2) is 41.9 Å². The van der Waals surface area contributed by atoms with Crippen molar-refractivity contribution >= 4 is 37.8 Å². The number of carbonyl (C=O) groups excluding carboxylic acids is 1. The highest BCUT2D eigenvalue weighted by molar-refractivity contribution is 9.10. The number of nitrogens with zero attached hydrogens (tertiary/aromatic N) is 1. The maximum Gasteiger partial charge on any atom is 0.256 e. The molecule has 0 radical (unpaired) electrons. The van der Waals surface area contributed by atoms with Gasteiger partial charge in [0.25, 0.3) is 5.91 Å². The molecule has 0 aliphatic carbocycles. The predicted molar refractivity (Wildman–Crippen MR) is 82.8 cm³/mol. The Kier molecular flexibility index (Phi) is 5.99. The average molecular weight is 409 g/mol. The largest absolute Gasteiger partial charge is 0.377 e. The lowest BCUT2D eigenvalue weighted by atomic mass is 10.1. The van der Waals surface area contributed by atoms with Crippen molar-refractivity contribution < 1.29 is 13.9 Å². The Labute approximate surface area is 134 Å². The molecule has 1 saturated heterocycles. The number of benzene rings is 1. The van der Waals surface area contributed by atoms with Gasteiger partial charge in [0.2, 0.25) is 0 Å². The Balaban J connectivity index is 1.96. The Hall–Kier alpha value is -0.460. The minimum atomic E-state index is -0.491. The highest BCUT2D eigenvalue weighted by Crippen LogP contribution is 2.22. The maximum atomic E-state index is 13.9. The van der Waals surface area contributed by atoms with Gasteiger partial charge < -0.3 is 9.64 Å². The minimum absolute atomic E-state index is 0.124. The van der Waals surface area contributed by atoms with Crippen LogP contribution in [0.5, 0.6) is 0 Å². The number of carbonyl (C=O) groups is 1. The lowest BCUT2D eigenvalue weighted by Gasteiger charge is -2.32. The monoisotopic (exact) mass is 407 g/mol. The summed E-state index contributed by atoms with van der Waals surface area (Å²) in [5.74, 6) is -0.738. The van der Waals surface area contributed by atoms with E-state index in [2.05, 4.69) is 31.9 Å². The van der Waals surface area contributed by atoms with Crippen molar-refractivity contribution in [1.82, 2.24) is 4.90 Å². The van der Waals surface area contributed by atoms with Gasteiger partial charge in [-0.2, -0.15) is 0 Å². The number of hydrogen-bond donors (Lipinski definition) is 0. The van der Waals surface area contributed by atoms with Crippen molar-refractivity contribution in [2.75, 3.05) is 25.0 Å². The normalized spacial score (nSPS) is 16.4. The highest BCUT2D eigenvalue weighted by atomic mass is 79.9. The molecule has 110 valence electrons. The van der Waals surface area contributed by atoms with Gasteiger partial charge in [0.05, 0.1) is 22.7 Å². The summed E-state index contributed by atoms with van der Waals surface area (Å²) >= 11 is 6.43. The summed E-state index contributed by atoms with van der Waals surface area (Å²) in [4.78, 5) is 14.0. The molecule has 1 aromatic carbocycles. The number of rotatable bonds is 4. The summed E-state index contributed by atoms with van der Waals surface area (Å²) in [7, 11) is 0. The molecule has 0 bridgehead atoms. The second kappa shape index (κ2) is 7.52. The molecule has 0 unspecified atom stereocenters. The van der Waals surface area contributed by atoms with Crippen LogP contribution in [0.4, 0.5) is 4.39 Å². The topological polar surface area (TPSA) is 29.5 Å². The Morgan fingerprint density at radius 2 is 2.10 bits per heavy atom. The number of piperidine rings is 1. The van der Waals surface area contributed by atoms with E-state index in [1.807, 2.05) is 0 Å². The molecule has 2 rings (SSSR count). The zero-order chi connectivity index (χ0) is 14.5. The minimum Gasteiger partial charge on any atom is -0.377 e. The second-order valence-corrected chi connectivity index (χ2v) is 6.30. The van der Waals surface area contributed by atoms with E-state index in [0.717, 1.165) is 18.2 Å². The van der Waals surface area contributed by atoms with Gasteiger partial charge in [0.1, 0.15) is 5.82 Å². The lowest BCUT2D eigenvalue weighted by Crippen LogP contribution is -2.41. The summed E-state index contributed by atoms with van der Waals surface area (Å²) in [5, 5.41) is 0.815. The summed E-state index contributed by atoms with van der Waals surface area (Å²) in [6.45, 7) is 1.90. The number of amides is 1. The van der Waals surface area contributed by atoms with Crippen LogP contribution in [0.2, 0.25) is 0 Å². The number of ether oxygens (including phenoxy) is 1.